The molecule has 1 fully saturated rings. The number of hydrogen-bond acceptors (Lipinski definition) is 2. The van der Waals surface area contributed by atoms with Crippen molar-refractivity contribution in [2.75, 3.05) is 0 Å². The minimum Gasteiger partial charge on any atom is -0.490 e. The average molecular weight is 193 g/mol. The lowest BCUT2D eigenvalue weighted by Gasteiger charge is -2.26. The number of aryl methyl sites for hydroxylation is 1. The van der Waals surface area contributed by atoms with Crippen LogP contribution in [0.2, 0.25) is 0 Å². The van der Waals surface area contributed by atoms with Gasteiger partial charge in [-0.2, -0.15) is 0 Å². The summed E-state index contributed by atoms with van der Waals surface area (Å²) in [6, 6.07) is 1.94. The summed E-state index contributed by atoms with van der Waals surface area (Å²) in [4.78, 5) is 4.02. The summed E-state index contributed by atoms with van der Waals surface area (Å²) in [5, 5.41) is 0. The van der Waals surface area contributed by atoms with E-state index in [0.29, 0.717) is 6.10 Å². The van der Waals surface area contributed by atoms with Gasteiger partial charge in [-0.05, 0) is 32.3 Å². The monoisotopic (exact) mass is 193 g/mol. The second-order valence-corrected chi connectivity index (χ2v) is 3.31. The maximum atomic E-state index is 5.74. The highest BCUT2D eigenvalue weighted by Gasteiger charge is 2.19. The molecule has 1 heterocycles. The van der Waals surface area contributed by atoms with E-state index in [4.69, 9.17) is 4.74 Å². The number of aromatic nitrogens is 1. The molecule has 1 aromatic heterocycles. The summed E-state index contributed by atoms with van der Waals surface area (Å²) < 4.78 is 5.74. The lowest BCUT2D eigenvalue weighted by molar-refractivity contribution is 0.119. The largest absolute Gasteiger partial charge is 0.490 e. The Morgan fingerprint density at radius 2 is 2.07 bits per heavy atom. The molecule has 2 heteroatoms. The lowest BCUT2D eigenvalue weighted by atomic mass is 9.96. The minimum absolute atomic E-state index is 0.464. The van der Waals surface area contributed by atoms with E-state index in [-0.39, 0.29) is 0 Å². The van der Waals surface area contributed by atoms with E-state index in [2.05, 4.69) is 4.98 Å². The Bertz CT molecular complexity index is 269. The topological polar surface area (TPSA) is 22.1 Å². The molecule has 1 aromatic rings. The fourth-order valence-corrected chi connectivity index (χ4v) is 1.26. The highest BCUT2D eigenvalue weighted by molar-refractivity contribution is 5.28. The third-order valence-corrected chi connectivity index (χ3v) is 2.31. The molecule has 0 aromatic carbocycles. The molecule has 0 aliphatic heterocycles. The van der Waals surface area contributed by atoms with Gasteiger partial charge in [0.05, 0.1) is 6.10 Å². The van der Waals surface area contributed by atoms with Crippen LogP contribution in [0, 0.1) is 6.92 Å². The van der Waals surface area contributed by atoms with Crippen molar-refractivity contribution in [3.05, 3.63) is 24.0 Å². The van der Waals surface area contributed by atoms with Crippen LogP contribution >= 0.6 is 0 Å². The van der Waals surface area contributed by atoms with Gasteiger partial charge in [0.1, 0.15) is 5.75 Å². The van der Waals surface area contributed by atoms with Crippen molar-refractivity contribution in [1.29, 1.82) is 0 Å². The molecule has 14 heavy (non-hydrogen) atoms. The van der Waals surface area contributed by atoms with E-state index in [0.717, 1.165) is 11.3 Å². The van der Waals surface area contributed by atoms with Crippen molar-refractivity contribution in [3.8, 4) is 5.75 Å². The zero-order valence-electron chi connectivity index (χ0n) is 9.29. The normalized spacial score (nSPS) is 15.1. The highest BCUT2D eigenvalue weighted by atomic mass is 16.5. The van der Waals surface area contributed by atoms with Crippen molar-refractivity contribution < 1.29 is 4.74 Å². The van der Waals surface area contributed by atoms with Gasteiger partial charge < -0.3 is 4.74 Å². The first-order valence-corrected chi connectivity index (χ1v) is 5.43. The van der Waals surface area contributed by atoms with Crippen molar-refractivity contribution in [3.63, 3.8) is 0 Å². The Hall–Kier alpha value is -1.05. The highest BCUT2D eigenvalue weighted by Crippen LogP contribution is 2.26. The zero-order valence-corrected chi connectivity index (χ0v) is 9.29. The molecule has 1 aliphatic rings. The summed E-state index contributed by atoms with van der Waals surface area (Å²) in [6.07, 6.45) is 7.82. The van der Waals surface area contributed by atoms with Crippen LogP contribution in [0.15, 0.2) is 18.5 Å². The van der Waals surface area contributed by atoms with Gasteiger partial charge in [0.25, 0.3) is 0 Å². The van der Waals surface area contributed by atoms with Crippen LogP contribution in [-0.4, -0.2) is 11.1 Å². The second kappa shape index (κ2) is 5.63. The van der Waals surface area contributed by atoms with Gasteiger partial charge in [-0.25, -0.2) is 0 Å². The van der Waals surface area contributed by atoms with Crippen molar-refractivity contribution >= 4 is 0 Å². The van der Waals surface area contributed by atoms with Gasteiger partial charge in [0.15, 0.2) is 0 Å². The molecule has 0 radical (unpaired) electrons. The first-order valence-electron chi connectivity index (χ1n) is 5.43. The van der Waals surface area contributed by atoms with Crippen LogP contribution in [0.3, 0.4) is 0 Å². The molecular weight excluding hydrogens is 174 g/mol. The fraction of sp³-hybridized carbons (Fsp3) is 0.583. The van der Waals surface area contributed by atoms with Crippen LogP contribution < -0.4 is 4.74 Å². The van der Waals surface area contributed by atoms with Crippen molar-refractivity contribution in [2.24, 2.45) is 0 Å². The van der Waals surface area contributed by atoms with Crippen molar-refractivity contribution in [1.82, 2.24) is 4.98 Å². The van der Waals surface area contributed by atoms with Crippen molar-refractivity contribution in [2.45, 2.75) is 46.1 Å². The first-order chi connectivity index (χ1) is 6.86. The van der Waals surface area contributed by atoms with Crippen LogP contribution in [-0.2, 0) is 0 Å². The number of rotatable bonds is 2. The predicted molar refractivity (Wildman–Crippen MR) is 58.6 cm³/mol. The quantitative estimate of drug-likeness (QED) is 0.718. The molecule has 0 bridgehead atoms. The number of ether oxygens (including phenoxy) is 1. The molecule has 2 nitrogen and oxygen atoms in total. The van der Waals surface area contributed by atoms with Gasteiger partial charge in [-0.1, -0.05) is 13.8 Å². The molecule has 1 aliphatic carbocycles. The molecule has 0 spiro atoms. The Morgan fingerprint density at radius 3 is 2.57 bits per heavy atom. The van der Waals surface area contributed by atoms with Gasteiger partial charge in [0, 0.05) is 18.0 Å². The van der Waals surface area contributed by atoms with Gasteiger partial charge >= 0.3 is 0 Å². The number of pyridine rings is 1. The standard InChI is InChI=1S/C10H13NO.C2H6/c1-8-7-11-6-5-10(8)12-9-3-2-4-9;1-2/h5-7,9H,2-4H2,1H3;1-2H3. The van der Waals surface area contributed by atoms with E-state index in [1.165, 1.54) is 19.3 Å². The maximum Gasteiger partial charge on any atom is 0.125 e. The van der Waals surface area contributed by atoms with E-state index >= 15 is 0 Å². The second-order valence-electron chi connectivity index (χ2n) is 3.31. The lowest BCUT2D eigenvalue weighted by Crippen LogP contribution is -2.24. The summed E-state index contributed by atoms with van der Waals surface area (Å²) in [7, 11) is 0. The van der Waals surface area contributed by atoms with Gasteiger partial charge in [-0.15, -0.1) is 0 Å². The van der Waals surface area contributed by atoms with E-state index < -0.39 is 0 Å². The molecule has 0 atom stereocenters. The molecule has 78 valence electrons. The summed E-state index contributed by atoms with van der Waals surface area (Å²) in [6.45, 7) is 6.03. The Labute approximate surface area is 86.3 Å². The van der Waals surface area contributed by atoms with E-state index in [1.807, 2.05) is 33.0 Å². The van der Waals surface area contributed by atoms with Gasteiger partial charge in [0.2, 0.25) is 0 Å². The first kappa shape index (κ1) is 11.0. The van der Waals surface area contributed by atoms with Crippen LogP contribution in [0.4, 0.5) is 0 Å². The summed E-state index contributed by atoms with van der Waals surface area (Å²) in [5.41, 5.74) is 1.13. The molecule has 0 N–H and O–H groups in total. The Morgan fingerprint density at radius 1 is 1.36 bits per heavy atom. The van der Waals surface area contributed by atoms with E-state index in [9.17, 15) is 0 Å². The van der Waals surface area contributed by atoms with Crippen LogP contribution in [0.25, 0.3) is 0 Å². The number of nitrogens with zero attached hydrogens (tertiary/aromatic N) is 1. The fourth-order valence-electron chi connectivity index (χ4n) is 1.26. The molecule has 0 saturated heterocycles. The van der Waals surface area contributed by atoms with Crippen LogP contribution in [0.1, 0.15) is 38.7 Å². The molecule has 0 amide bonds. The zero-order chi connectivity index (χ0) is 10.4. The summed E-state index contributed by atoms with van der Waals surface area (Å²) >= 11 is 0. The molecule has 1 saturated carbocycles. The third-order valence-electron chi connectivity index (χ3n) is 2.31. The minimum atomic E-state index is 0.464. The molecule has 0 unspecified atom stereocenters. The third kappa shape index (κ3) is 2.72. The number of hydrogen-bond donors (Lipinski definition) is 0. The SMILES string of the molecule is CC.Cc1cnccc1OC1CCC1. The average Bonchev–Trinajstić information content (AvgIpc) is 2.17. The van der Waals surface area contributed by atoms with Gasteiger partial charge in [-0.3, -0.25) is 4.98 Å². The summed E-state index contributed by atoms with van der Waals surface area (Å²) in [5.74, 6) is 0.995. The predicted octanol–water partition coefficient (Wildman–Crippen LogP) is 3.35. The Balaban J connectivity index is 0.000000461. The van der Waals surface area contributed by atoms with E-state index in [1.54, 1.807) is 6.20 Å². The molecular formula is C12H19NO. The smallest absolute Gasteiger partial charge is 0.125 e. The molecule has 2 rings (SSSR count). The Kier molecular flexibility index (Phi) is 4.44. The maximum absolute atomic E-state index is 5.74. The van der Waals surface area contributed by atoms with Crippen LogP contribution in [0.5, 0.6) is 5.75 Å².